The Morgan fingerprint density at radius 1 is 1.33 bits per heavy atom. The van der Waals surface area contributed by atoms with Gasteiger partial charge in [0.25, 0.3) is 5.91 Å². The lowest BCUT2D eigenvalue weighted by Crippen LogP contribution is -2.25. The van der Waals surface area contributed by atoms with Gasteiger partial charge in [0.05, 0.1) is 9.21 Å². The molecule has 0 saturated carbocycles. The van der Waals surface area contributed by atoms with Gasteiger partial charge in [-0.2, -0.15) is 0 Å². The van der Waals surface area contributed by atoms with Gasteiger partial charge in [-0.25, -0.2) is 4.79 Å². The molecule has 0 fully saturated rings. The first-order valence-corrected chi connectivity index (χ1v) is 8.14. The van der Waals surface area contributed by atoms with E-state index in [4.69, 9.17) is 16.7 Å². The predicted octanol–water partition coefficient (Wildman–Crippen LogP) is 3.53. The maximum Gasteiger partial charge on any atom is 0.328 e. The first kappa shape index (κ1) is 15.8. The number of hydrogen-bond acceptors (Lipinski definition) is 4. The lowest BCUT2D eigenvalue weighted by atomic mass is 10.2. The second kappa shape index (κ2) is 7.40. The fourth-order valence-electron chi connectivity index (χ4n) is 1.66. The van der Waals surface area contributed by atoms with Crippen molar-refractivity contribution >= 4 is 52.2 Å². The van der Waals surface area contributed by atoms with E-state index in [1.54, 1.807) is 11.4 Å². The van der Waals surface area contributed by atoms with Crippen LogP contribution in [0.15, 0.2) is 29.7 Å². The Labute approximate surface area is 134 Å². The summed E-state index contributed by atoms with van der Waals surface area (Å²) in [6, 6.07) is 5.49. The Balaban J connectivity index is 1.91. The summed E-state index contributed by atoms with van der Waals surface area (Å²) in [5.41, 5.74) is 0.610. The van der Waals surface area contributed by atoms with E-state index in [2.05, 4.69) is 5.32 Å². The van der Waals surface area contributed by atoms with Gasteiger partial charge >= 0.3 is 5.97 Å². The van der Waals surface area contributed by atoms with Crippen LogP contribution >= 0.6 is 34.3 Å². The summed E-state index contributed by atoms with van der Waals surface area (Å²) in [4.78, 5) is 24.2. The van der Waals surface area contributed by atoms with Crippen LogP contribution in [0.25, 0.3) is 6.08 Å². The molecule has 0 atom stereocenters. The van der Waals surface area contributed by atoms with Crippen LogP contribution < -0.4 is 5.32 Å². The van der Waals surface area contributed by atoms with Crippen LogP contribution in [0.1, 0.15) is 20.1 Å². The highest BCUT2D eigenvalue weighted by molar-refractivity contribution is 7.16. The number of nitrogens with one attached hydrogen (secondary N) is 1. The zero-order valence-corrected chi connectivity index (χ0v) is 13.2. The van der Waals surface area contributed by atoms with E-state index in [0.29, 0.717) is 17.0 Å². The van der Waals surface area contributed by atoms with Gasteiger partial charge in [0.2, 0.25) is 0 Å². The van der Waals surface area contributed by atoms with E-state index in [9.17, 15) is 9.59 Å². The molecule has 2 N–H and O–H groups in total. The minimum Gasteiger partial charge on any atom is -0.478 e. The Bertz CT molecular complexity index is 675. The highest BCUT2D eigenvalue weighted by Gasteiger charge is 2.11. The minimum absolute atomic E-state index is 0.197. The van der Waals surface area contributed by atoms with Gasteiger partial charge in [0.15, 0.2) is 0 Å². The van der Waals surface area contributed by atoms with Crippen LogP contribution in [0.2, 0.25) is 4.34 Å². The van der Waals surface area contributed by atoms with Gasteiger partial charge in [-0.3, -0.25) is 4.79 Å². The number of aliphatic carboxylic acids is 1. The third kappa shape index (κ3) is 4.70. The molecule has 110 valence electrons. The second-order valence-electron chi connectivity index (χ2n) is 4.09. The molecule has 7 heteroatoms. The standard InChI is InChI=1S/C14H12ClNO3S2/c15-11-3-2-10(21-11)5-7-16-14(19)13-9(6-8-20-13)1-4-12(17)18/h1-4,6,8H,5,7H2,(H,16,19)(H,17,18)/b4-1+. The average Bonchev–Trinajstić information content (AvgIpc) is 3.05. The largest absolute Gasteiger partial charge is 0.478 e. The third-order valence-electron chi connectivity index (χ3n) is 2.59. The molecule has 2 heterocycles. The van der Waals surface area contributed by atoms with Crippen molar-refractivity contribution in [2.45, 2.75) is 6.42 Å². The van der Waals surface area contributed by atoms with Crippen LogP contribution in [0.4, 0.5) is 0 Å². The van der Waals surface area contributed by atoms with E-state index in [-0.39, 0.29) is 5.91 Å². The van der Waals surface area contributed by atoms with E-state index in [1.807, 2.05) is 12.1 Å². The van der Waals surface area contributed by atoms with E-state index >= 15 is 0 Å². The molecule has 0 radical (unpaired) electrons. The number of rotatable bonds is 6. The van der Waals surface area contributed by atoms with E-state index < -0.39 is 5.97 Å². The van der Waals surface area contributed by atoms with Crippen LogP contribution in [0.5, 0.6) is 0 Å². The Morgan fingerprint density at radius 2 is 2.14 bits per heavy atom. The van der Waals surface area contributed by atoms with Crippen LogP contribution in [-0.2, 0) is 11.2 Å². The molecule has 0 unspecified atom stereocenters. The average molecular weight is 342 g/mol. The van der Waals surface area contributed by atoms with Crippen molar-refractivity contribution in [2.24, 2.45) is 0 Å². The topological polar surface area (TPSA) is 66.4 Å². The monoisotopic (exact) mass is 341 g/mol. The molecule has 2 aromatic rings. The highest BCUT2D eigenvalue weighted by atomic mass is 35.5. The summed E-state index contributed by atoms with van der Waals surface area (Å²) < 4.78 is 0.732. The molecule has 21 heavy (non-hydrogen) atoms. The van der Waals surface area contributed by atoms with E-state index in [1.165, 1.54) is 28.7 Å². The molecule has 0 bridgehead atoms. The molecule has 0 aromatic carbocycles. The molecular weight excluding hydrogens is 330 g/mol. The molecule has 0 aliphatic heterocycles. The summed E-state index contributed by atoms with van der Waals surface area (Å²) in [5.74, 6) is -1.24. The van der Waals surface area contributed by atoms with Crippen molar-refractivity contribution < 1.29 is 14.7 Å². The second-order valence-corrected chi connectivity index (χ2v) is 6.80. The number of thiophene rings is 2. The maximum absolute atomic E-state index is 12.1. The molecule has 0 aliphatic carbocycles. The van der Waals surface area contributed by atoms with E-state index in [0.717, 1.165) is 21.7 Å². The number of carboxylic acids is 1. The maximum atomic E-state index is 12.1. The van der Waals surface area contributed by atoms with Gasteiger partial charge < -0.3 is 10.4 Å². The van der Waals surface area contributed by atoms with Gasteiger partial charge in [0, 0.05) is 17.5 Å². The molecule has 0 aliphatic rings. The predicted molar refractivity (Wildman–Crippen MR) is 86.4 cm³/mol. The molecule has 2 aromatic heterocycles. The summed E-state index contributed by atoms with van der Waals surface area (Å²) in [7, 11) is 0. The molecular formula is C14H12ClNO3S2. The van der Waals surface area contributed by atoms with Crippen molar-refractivity contribution in [1.82, 2.24) is 5.32 Å². The first-order valence-electron chi connectivity index (χ1n) is 6.07. The third-order valence-corrected chi connectivity index (χ3v) is 4.81. The number of carbonyl (C=O) groups is 2. The number of halogens is 1. The SMILES string of the molecule is O=C(O)/C=C/c1ccsc1C(=O)NCCc1ccc(Cl)s1. The van der Waals surface area contributed by atoms with Crippen LogP contribution in [-0.4, -0.2) is 23.5 Å². The zero-order valence-electron chi connectivity index (χ0n) is 10.8. The lowest BCUT2D eigenvalue weighted by molar-refractivity contribution is -0.131. The fraction of sp³-hybridized carbons (Fsp3) is 0.143. The Hall–Kier alpha value is -1.63. The van der Waals surface area contributed by atoms with Gasteiger partial charge in [-0.05, 0) is 41.6 Å². The summed E-state index contributed by atoms with van der Waals surface area (Å²) >= 11 is 8.62. The van der Waals surface area contributed by atoms with Crippen molar-refractivity contribution in [1.29, 1.82) is 0 Å². The minimum atomic E-state index is -1.04. The summed E-state index contributed by atoms with van der Waals surface area (Å²) in [5, 5.41) is 13.2. The van der Waals surface area contributed by atoms with Gasteiger partial charge in [-0.15, -0.1) is 22.7 Å². The summed E-state index contributed by atoms with van der Waals surface area (Å²) in [6.45, 7) is 0.510. The molecule has 0 saturated heterocycles. The number of carbonyl (C=O) groups excluding carboxylic acids is 1. The van der Waals surface area contributed by atoms with Crippen molar-refractivity contribution in [2.75, 3.05) is 6.54 Å². The molecule has 1 amide bonds. The quantitative estimate of drug-likeness (QED) is 0.790. The normalized spacial score (nSPS) is 10.9. The van der Waals surface area contributed by atoms with Crippen molar-refractivity contribution in [3.63, 3.8) is 0 Å². The first-order chi connectivity index (χ1) is 10.1. The highest BCUT2D eigenvalue weighted by Crippen LogP contribution is 2.22. The fourth-order valence-corrected chi connectivity index (χ4v) is 3.55. The number of carboxylic acid groups (broad SMARTS) is 1. The van der Waals surface area contributed by atoms with Crippen molar-refractivity contribution in [3.8, 4) is 0 Å². The van der Waals surface area contributed by atoms with Crippen LogP contribution in [0.3, 0.4) is 0 Å². The lowest BCUT2D eigenvalue weighted by Gasteiger charge is -2.03. The smallest absolute Gasteiger partial charge is 0.328 e. The van der Waals surface area contributed by atoms with Gasteiger partial charge in [-0.1, -0.05) is 11.6 Å². The molecule has 4 nitrogen and oxygen atoms in total. The molecule has 0 spiro atoms. The Morgan fingerprint density at radius 3 is 2.81 bits per heavy atom. The zero-order chi connectivity index (χ0) is 15.2. The molecule has 2 rings (SSSR count). The Kier molecular flexibility index (Phi) is 5.55. The van der Waals surface area contributed by atoms with Gasteiger partial charge in [0.1, 0.15) is 0 Å². The number of hydrogen-bond donors (Lipinski definition) is 2. The van der Waals surface area contributed by atoms with Crippen molar-refractivity contribution in [3.05, 3.63) is 49.3 Å². The number of amides is 1. The summed E-state index contributed by atoms with van der Waals surface area (Å²) in [6.07, 6.45) is 3.16. The van der Waals surface area contributed by atoms with Crippen LogP contribution in [0, 0.1) is 0 Å².